The summed E-state index contributed by atoms with van der Waals surface area (Å²) in [5.74, 6) is 0.772. The first-order valence-corrected chi connectivity index (χ1v) is 11.4. The minimum absolute atomic E-state index is 0.0596. The van der Waals surface area contributed by atoms with E-state index >= 15 is 0 Å². The van der Waals surface area contributed by atoms with Crippen LogP contribution in [0.5, 0.6) is 5.75 Å². The number of halogens is 1. The zero-order valence-corrected chi connectivity index (χ0v) is 19.1. The molecule has 0 fully saturated rings. The van der Waals surface area contributed by atoms with Gasteiger partial charge in [0.05, 0.1) is 12.3 Å². The average Bonchev–Trinajstić information content (AvgIpc) is 3.20. The molecule has 158 valence electrons. The number of aromatic nitrogens is 1. The number of hydrogen-bond donors (Lipinski definition) is 1. The second-order valence-electron chi connectivity index (χ2n) is 7.81. The Morgan fingerprint density at radius 1 is 1.13 bits per heavy atom. The molecular formula is C24H27ClN2O2S. The lowest BCUT2D eigenvalue weighted by Gasteiger charge is -2.23. The normalized spacial score (nSPS) is 11.3. The van der Waals surface area contributed by atoms with Gasteiger partial charge >= 0.3 is 0 Å². The Morgan fingerprint density at radius 2 is 1.83 bits per heavy atom. The number of amides is 1. The highest BCUT2D eigenvalue weighted by molar-refractivity contribution is 7.14. The van der Waals surface area contributed by atoms with Gasteiger partial charge in [0.1, 0.15) is 5.75 Å². The number of hydrogen-bond acceptors (Lipinski definition) is 4. The Morgan fingerprint density at radius 3 is 2.50 bits per heavy atom. The number of benzene rings is 2. The topological polar surface area (TPSA) is 51.2 Å². The third-order valence-electron chi connectivity index (χ3n) is 5.23. The first-order valence-electron chi connectivity index (χ1n) is 10.1. The third kappa shape index (κ3) is 6.07. The quantitative estimate of drug-likeness (QED) is 0.365. The highest BCUT2D eigenvalue weighted by Gasteiger charge is 2.17. The molecule has 2 aromatic carbocycles. The van der Waals surface area contributed by atoms with E-state index in [1.54, 1.807) is 0 Å². The molecule has 0 unspecified atom stereocenters. The maximum Gasteiger partial charge on any atom is 0.226 e. The number of nitrogens with one attached hydrogen (secondary N) is 1. The molecule has 0 aliphatic carbocycles. The van der Waals surface area contributed by atoms with E-state index in [4.69, 9.17) is 16.3 Å². The summed E-state index contributed by atoms with van der Waals surface area (Å²) >= 11 is 7.33. The number of thiazole rings is 1. The van der Waals surface area contributed by atoms with Crippen LogP contribution in [0, 0.1) is 0 Å². The van der Waals surface area contributed by atoms with Crippen molar-refractivity contribution >= 4 is 34.0 Å². The van der Waals surface area contributed by atoms with E-state index in [2.05, 4.69) is 43.2 Å². The molecule has 0 saturated carbocycles. The molecule has 6 heteroatoms. The number of carbonyl (C=O) groups is 1. The smallest absolute Gasteiger partial charge is 0.226 e. The van der Waals surface area contributed by atoms with Crippen molar-refractivity contribution < 1.29 is 9.53 Å². The second kappa shape index (κ2) is 10.1. The number of nitrogens with zero attached hydrogens (tertiary/aromatic N) is 1. The standard InChI is InChI=1S/C24H27ClN2O2S/c1-4-24(2,3)18-9-13-20(14-10-18)29-15-5-6-22(28)27-23-26-21(16-30-23)17-7-11-19(25)12-8-17/h7-14,16H,4-6,15H2,1-3H3,(H,26,27,28). The van der Waals surface area contributed by atoms with Crippen molar-refractivity contribution in [1.29, 1.82) is 0 Å². The van der Waals surface area contributed by atoms with Crippen LogP contribution in [-0.4, -0.2) is 17.5 Å². The van der Waals surface area contributed by atoms with Crippen LogP contribution < -0.4 is 10.1 Å². The van der Waals surface area contributed by atoms with E-state index in [1.165, 1.54) is 16.9 Å². The van der Waals surface area contributed by atoms with Gasteiger partial charge in [0, 0.05) is 22.4 Å². The summed E-state index contributed by atoms with van der Waals surface area (Å²) in [6.07, 6.45) is 2.11. The molecule has 0 aliphatic heterocycles. The fourth-order valence-corrected chi connectivity index (χ4v) is 3.76. The lowest BCUT2D eigenvalue weighted by molar-refractivity contribution is -0.116. The van der Waals surface area contributed by atoms with Crippen LogP contribution in [0.3, 0.4) is 0 Å². The van der Waals surface area contributed by atoms with Gasteiger partial charge in [-0.25, -0.2) is 4.98 Å². The zero-order valence-electron chi connectivity index (χ0n) is 17.6. The maximum atomic E-state index is 12.2. The van der Waals surface area contributed by atoms with Crippen molar-refractivity contribution in [3.05, 3.63) is 64.5 Å². The van der Waals surface area contributed by atoms with E-state index in [0.717, 1.165) is 23.4 Å². The van der Waals surface area contributed by atoms with Gasteiger partial charge in [-0.2, -0.15) is 0 Å². The van der Waals surface area contributed by atoms with Crippen LogP contribution in [0.1, 0.15) is 45.6 Å². The Kier molecular flexibility index (Phi) is 7.51. The van der Waals surface area contributed by atoms with Crippen molar-refractivity contribution in [2.24, 2.45) is 0 Å². The van der Waals surface area contributed by atoms with Gasteiger partial charge in [-0.15, -0.1) is 11.3 Å². The fraction of sp³-hybridized carbons (Fsp3) is 0.333. The van der Waals surface area contributed by atoms with Gasteiger partial charge in [0.2, 0.25) is 5.91 Å². The molecule has 1 aromatic heterocycles. The number of rotatable bonds is 9. The van der Waals surface area contributed by atoms with Gasteiger partial charge in [0.15, 0.2) is 5.13 Å². The molecule has 0 bridgehead atoms. The molecule has 0 atom stereocenters. The summed E-state index contributed by atoms with van der Waals surface area (Å²) in [6.45, 7) is 7.17. The van der Waals surface area contributed by atoms with E-state index in [-0.39, 0.29) is 11.3 Å². The molecule has 0 radical (unpaired) electrons. The molecule has 3 aromatic rings. The first kappa shape index (κ1) is 22.3. The lowest BCUT2D eigenvalue weighted by atomic mass is 9.82. The molecule has 1 N–H and O–H groups in total. The Labute approximate surface area is 187 Å². The fourth-order valence-electron chi connectivity index (χ4n) is 2.90. The zero-order chi connectivity index (χ0) is 21.6. The summed E-state index contributed by atoms with van der Waals surface area (Å²) in [7, 11) is 0. The highest BCUT2D eigenvalue weighted by Crippen LogP contribution is 2.28. The number of ether oxygens (including phenoxy) is 1. The van der Waals surface area contributed by atoms with Crippen molar-refractivity contribution in [2.45, 2.75) is 45.4 Å². The summed E-state index contributed by atoms with van der Waals surface area (Å²) in [5, 5.41) is 6.06. The van der Waals surface area contributed by atoms with Gasteiger partial charge in [-0.05, 0) is 48.1 Å². The van der Waals surface area contributed by atoms with Gasteiger partial charge in [-0.3, -0.25) is 4.79 Å². The van der Waals surface area contributed by atoms with Gasteiger partial charge < -0.3 is 10.1 Å². The average molecular weight is 443 g/mol. The Hall–Kier alpha value is -2.37. The first-order chi connectivity index (χ1) is 14.4. The molecule has 1 heterocycles. The SMILES string of the molecule is CCC(C)(C)c1ccc(OCCCC(=O)Nc2nc(-c3ccc(Cl)cc3)cs2)cc1. The molecule has 4 nitrogen and oxygen atoms in total. The summed E-state index contributed by atoms with van der Waals surface area (Å²) < 4.78 is 5.78. The molecule has 3 rings (SSSR count). The molecule has 0 spiro atoms. The molecule has 0 saturated heterocycles. The third-order valence-corrected chi connectivity index (χ3v) is 6.24. The monoisotopic (exact) mass is 442 g/mol. The van der Waals surface area contributed by atoms with Crippen molar-refractivity contribution in [1.82, 2.24) is 4.98 Å². The van der Waals surface area contributed by atoms with Crippen LogP contribution >= 0.6 is 22.9 Å². The van der Waals surface area contributed by atoms with Crippen molar-refractivity contribution in [3.8, 4) is 17.0 Å². The molecule has 1 amide bonds. The predicted octanol–water partition coefficient (Wildman–Crippen LogP) is 6.95. The van der Waals surface area contributed by atoms with E-state index < -0.39 is 0 Å². The van der Waals surface area contributed by atoms with Crippen LogP contribution in [0.2, 0.25) is 5.02 Å². The molecule has 30 heavy (non-hydrogen) atoms. The number of carbonyl (C=O) groups excluding carboxylic acids is 1. The van der Waals surface area contributed by atoms with E-state index in [1.807, 2.05) is 41.8 Å². The lowest BCUT2D eigenvalue weighted by Crippen LogP contribution is -2.15. The van der Waals surface area contributed by atoms with Crippen LogP contribution in [-0.2, 0) is 10.2 Å². The minimum atomic E-state index is -0.0596. The highest BCUT2D eigenvalue weighted by atomic mass is 35.5. The summed E-state index contributed by atoms with van der Waals surface area (Å²) in [5.41, 5.74) is 3.26. The summed E-state index contributed by atoms with van der Waals surface area (Å²) in [4.78, 5) is 16.7. The Balaban J connectivity index is 1.42. The maximum absolute atomic E-state index is 12.2. The predicted molar refractivity (Wildman–Crippen MR) is 126 cm³/mol. The largest absolute Gasteiger partial charge is 0.494 e. The van der Waals surface area contributed by atoms with Crippen LogP contribution in [0.15, 0.2) is 53.9 Å². The second-order valence-corrected chi connectivity index (χ2v) is 9.10. The van der Waals surface area contributed by atoms with Crippen molar-refractivity contribution in [2.75, 3.05) is 11.9 Å². The molecule has 0 aliphatic rings. The van der Waals surface area contributed by atoms with E-state index in [9.17, 15) is 4.79 Å². The Bertz CT molecular complexity index is 966. The van der Waals surface area contributed by atoms with Gasteiger partial charge in [0.25, 0.3) is 0 Å². The number of anilines is 1. The van der Waals surface area contributed by atoms with Crippen molar-refractivity contribution in [3.63, 3.8) is 0 Å². The van der Waals surface area contributed by atoms with Crippen LogP contribution in [0.25, 0.3) is 11.3 Å². The van der Waals surface area contributed by atoms with E-state index in [0.29, 0.717) is 29.6 Å². The molecular weight excluding hydrogens is 416 g/mol. The summed E-state index contributed by atoms with van der Waals surface area (Å²) in [6, 6.07) is 15.7. The minimum Gasteiger partial charge on any atom is -0.494 e. The van der Waals surface area contributed by atoms with Crippen LogP contribution in [0.4, 0.5) is 5.13 Å². The van der Waals surface area contributed by atoms with Gasteiger partial charge in [-0.1, -0.05) is 56.6 Å².